The highest BCUT2D eigenvalue weighted by atomic mass is 79.9. The second kappa shape index (κ2) is 2.07. The molecule has 0 fully saturated rings. The molecule has 3 N–H and O–H groups in total. The number of imidazole rings is 1. The minimum absolute atomic E-state index is 0.222. The van der Waals surface area contributed by atoms with Crippen LogP contribution >= 0.6 is 15.9 Å². The molecule has 5 heteroatoms. The first-order valence-electron chi connectivity index (χ1n) is 2.15. The average Bonchev–Trinajstić information content (AvgIpc) is 2.13. The highest BCUT2D eigenvalue weighted by Crippen LogP contribution is 2.13. The number of hydrogen-bond donors (Lipinski definition) is 2. The molecule has 4 nitrogen and oxygen atoms in total. The highest BCUT2D eigenvalue weighted by molar-refractivity contribution is 9.10. The summed E-state index contributed by atoms with van der Waals surface area (Å²) in [7, 11) is 0. The van der Waals surface area contributed by atoms with E-state index in [9.17, 15) is 0 Å². The standard InChI is InChI=1S/C4H3BrN4/c5-3-4(7)9-2(1-6)8-3/h7H2,(H,8,9). The quantitative estimate of drug-likeness (QED) is 0.624. The maximum absolute atomic E-state index is 8.26. The third kappa shape index (κ3) is 1.03. The van der Waals surface area contributed by atoms with Gasteiger partial charge < -0.3 is 10.7 Å². The van der Waals surface area contributed by atoms with Crippen molar-refractivity contribution in [3.63, 3.8) is 0 Å². The first-order valence-corrected chi connectivity index (χ1v) is 2.94. The largest absolute Gasteiger partial charge is 0.381 e. The SMILES string of the molecule is N#Cc1nc(N)c(Br)[nH]1. The number of aromatic nitrogens is 2. The molecule has 0 spiro atoms. The third-order valence-electron chi connectivity index (χ3n) is 0.791. The fourth-order valence-corrected chi connectivity index (χ4v) is 0.695. The van der Waals surface area contributed by atoms with Gasteiger partial charge in [0.05, 0.1) is 0 Å². The Morgan fingerprint density at radius 1 is 1.78 bits per heavy atom. The Balaban J connectivity index is 3.16. The van der Waals surface area contributed by atoms with E-state index in [0.29, 0.717) is 10.4 Å². The van der Waals surface area contributed by atoms with Crippen molar-refractivity contribution < 1.29 is 0 Å². The van der Waals surface area contributed by atoms with Crippen molar-refractivity contribution in [3.05, 3.63) is 10.4 Å². The predicted octanol–water partition coefficient (Wildman–Crippen LogP) is 0.626. The lowest BCUT2D eigenvalue weighted by molar-refractivity contribution is 1.22. The van der Waals surface area contributed by atoms with E-state index in [1.165, 1.54) is 0 Å². The van der Waals surface area contributed by atoms with Crippen LogP contribution in [0.25, 0.3) is 0 Å². The molecule has 1 rings (SSSR count). The van der Waals surface area contributed by atoms with Crippen LogP contribution in [0.1, 0.15) is 5.82 Å². The Morgan fingerprint density at radius 2 is 2.44 bits per heavy atom. The van der Waals surface area contributed by atoms with E-state index in [4.69, 9.17) is 11.0 Å². The molecule has 1 aromatic heterocycles. The zero-order valence-electron chi connectivity index (χ0n) is 4.35. The van der Waals surface area contributed by atoms with Crippen LogP contribution < -0.4 is 5.73 Å². The minimum atomic E-state index is 0.222. The van der Waals surface area contributed by atoms with Crippen LogP contribution in [-0.2, 0) is 0 Å². The average molecular weight is 187 g/mol. The first kappa shape index (κ1) is 6.11. The van der Waals surface area contributed by atoms with Crippen molar-refractivity contribution in [2.24, 2.45) is 0 Å². The van der Waals surface area contributed by atoms with Gasteiger partial charge in [-0.05, 0) is 15.9 Å². The maximum Gasteiger partial charge on any atom is 0.212 e. The van der Waals surface area contributed by atoms with Crippen molar-refractivity contribution in [2.75, 3.05) is 5.73 Å². The second-order valence-electron chi connectivity index (χ2n) is 1.40. The molecule has 46 valence electrons. The van der Waals surface area contributed by atoms with E-state index in [-0.39, 0.29) is 5.82 Å². The molecule has 0 aliphatic heterocycles. The summed E-state index contributed by atoms with van der Waals surface area (Å²) in [6, 6.07) is 1.81. The van der Waals surface area contributed by atoms with Crippen LogP contribution in [0.5, 0.6) is 0 Å². The van der Waals surface area contributed by atoms with E-state index in [2.05, 4.69) is 25.9 Å². The summed E-state index contributed by atoms with van der Waals surface area (Å²) in [4.78, 5) is 6.26. The van der Waals surface area contributed by atoms with Crippen LogP contribution in [0.15, 0.2) is 4.60 Å². The maximum atomic E-state index is 8.26. The number of H-pyrrole nitrogens is 1. The van der Waals surface area contributed by atoms with Gasteiger partial charge >= 0.3 is 0 Å². The molecule has 0 saturated heterocycles. The number of halogens is 1. The smallest absolute Gasteiger partial charge is 0.212 e. The van der Waals surface area contributed by atoms with Crippen LogP contribution in [0.4, 0.5) is 5.82 Å². The number of anilines is 1. The number of nitrogens with two attached hydrogens (primary N) is 1. The number of aromatic amines is 1. The van der Waals surface area contributed by atoms with Crippen LogP contribution in [0, 0.1) is 11.3 Å². The van der Waals surface area contributed by atoms with Gasteiger partial charge in [-0.3, -0.25) is 0 Å². The van der Waals surface area contributed by atoms with Gasteiger partial charge in [-0.15, -0.1) is 0 Å². The number of nitrogen functional groups attached to an aromatic ring is 1. The zero-order valence-corrected chi connectivity index (χ0v) is 5.94. The van der Waals surface area contributed by atoms with Crippen LogP contribution in [-0.4, -0.2) is 9.97 Å². The van der Waals surface area contributed by atoms with E-state index in [1.807, 2.05) is 6.07 Å². The molecule has 9 heavy (non-hydrogen) atoms. The summed E-state index contributed by atoms with van der Waals surface area (Å²) in [5.41, 5.74) is 5.28. The number of hydrogen-bond acceptors (Lipinski definition) is 3. The van der Waals surface area contributed by atoms with Gasteiger partial charge in [-0.25, -0.2) is 4.98 Å². The molecular formula is C4H3BrN4. The van der Waals surface area contributed by atoms with Gasteiger partial charge in [0, 0.05) is 0 Å². The minimum Gasteiger partial charge on any atom is -0.381 e. The summed E-state index contributed by atoms with van der Waals surface area (Å²) in [6.45, 7) is 0. The molecule has 0 saturated carbocycles. The Bertz CT molecular complexity index is 239. The van der Waals surface area contributed by atoms with Gasteiger partial charge in [-0.1, -0.05) is 0 Å². The summed E-state index contributed by atoms with van der Waals surface area (Å²) in [6.07, 6.45) is 0. The third-order valence-corrected chi connectivity index (χ3v) is 1.40. The van der Waals surface area contributed by atoms with Gasteiger partial charge in [0.1, 0.15) is 10.7 Å². The van der Waals surface area contributed by atoms with Gasteiger partial charge in [0.15, 0.2) is 5.82 Å². The fourth-order valence-electron chi connectivity index (χ4n) is 0.418. The predicted molar refractivity (Wildman–Crippen MR) is 35.4 cm³/mol. The summed E-state index contributed by atoms with van der Waals surface area (Å²) in [5, 5.41) is 8.26. The summed E-state index contributed by atoms with van der Waals surface area (Å²) in [5.74, 6) is 0.533. The van der Waals surface area contributed by atoms with Crippen LogP contribution in [0.2, 0.25) is 0 Å². The number of nitrogens with zero attached hydrogens (tertiary/aromatic N) is 2. The molecule has 0 radical (unpaired) electrons. The Hall–Kier alpha value is -1.02. The summed E-state index contributed by atoms with van der Waals surface area (Å²) >= 11 is 3.06. The summed E-state index contributed by atoms with van der Waals surface area (Å²) < 4.78 is 0.555. The highest BCUT2D eigenvalue weighted by Gasteiger charge is 2.00. The molecule has 1 heterocycles. The molecule has 0 bridgehead atoms. The molecular weight excluding hydrogens is 184 g/mol. The molecule has 0 amide bonds. The Morgan fingerprint density at radius 3 is 2.67 bits per heavy atom. The normalized spacial score (nSPS) is 8.89. The van der Waals surface area contributed by atoms with E-state index in [1.54, 1.807) is 0 Å². The lowest BCUT2D eigenvalue weighted by Crippen LogP contribution is -1.83. The molecule has 0 aliphatic rings. The number of nitriles is 1. The zero-order chi connectivity index (χ0) is 6.85. The number of nitrogens with one attached hydrogen (secondary N) is 1. The molecule has 1 aromatic rings. The fraction of sp³-hybridized carbons (Fsp3) is 0. The lowest BCUT2D eigenvalue weighted by atomic mass is 10.7. The van der Waals surface area contributed by atoms with Gasteiger partial charge in [0.25, 0.3) is 0 Å². The van der Waals surface area contributed by atoms with Crippen molar-refractivity contribution in [1.29, 1.82) is 5.26 Å². The lowest BCUT2D eigenvalue weighted by Gasteiger charge is -1.77. The van der Waals surface area contributed by atoms with E-state index < -0.39 is 0 Å². The molecule has 0 aliphatic carbocycles. The van der Waals surface area contributed by atoms with Gasteiger partial charge in [-0.2, -0.15) is 5.26 Å². The molecule has 0 atom stereocenters. The Labute approximate surface area is 59.8 Å². The van der Waals surface area contributed by atoms with E-state index in [0.717, 1.165) is 0 Å². The second-order valence-corrected chi connectivity index (χ2v) is 2.19. The van der Waals surface area contributed by atoms with Crippen molar-refractivity contribution in [3.8, 4) is 6.07 Å². The van der Waals surface area contributed by atoms with Gasteiger partial charge in [0.2, 0.25) is 5.82 Å². The monoisotopic (exact) mass is 186 g/mol. The van der Waals surface area contributed by atoms with Crippen molar-refractivity contribution in [2.45, 2.75) is 0 Å². The Kier molecular flexibility index (Phi) is 1.40. The first-order chi connectivity index (χ1) is 4.24. The number of rotatable bonds is 0. The van der Waals surface area contributed by atoms with E-state index >= 15 is 0 Å². The van der Waals surface area contributed by atoms with Crippen molar-refractivity contribution >= 4 is 21.7 Å². The topological polar surface area (TPSA) is 78.5 Å². The molecule has 0 aromatic carbocycles. The van der Waals surface area contributed by atoms with Crippen molar-refractivity contribution in [1.82, 2.24) is 9.97 Å². The molecule has 0 unspecified atom stereocenters. The van der Waals surface area contributed by atoms with Crippen LogP contribution in [0.3, 0.4) is 0 Å².